The van der Waals surface area contributed by atoms with Crippen molar-refractivity contribution in [2.24, 2.45) is 0 Å². The van der Waals surface area contributed by atoms with Crippen molar-refractivity contribution in [3.8, 4) is 0 Å². The number of aromatic carboxylic acids is 1. The average molecular weight is 316 g/mol. The van der Waals surface area contributed by atoms with Crippen molar-refractivity contribution in [2.45, 2.75) is 11.8 Å². The van der Waals surface area contributed by atoms with Crippen LogP contribution in [0.4, 0.5) is 0 Å². The topological polar surface area (TPSA) is 89.3 Å². The molecule has 3 rings (SSSR count). The van der Waals surface area contributed by atoms with Crippen molar-refractivity contribution in [3.05, 3.63) is 59.9 Å². The normalized spacial score (nSPS) is 11.7. The second-order valence-corrected chi connectivity index (χ2v) is 6.68. The molecular formula is C15H12N2O4S. The Balaban J connectivity index is 2.17. The molecule has 22 heavy (non-hydrogen) atoms. The molecule has 7 heteroatoms. The molecule has 1 heterocycles. The van der Waals surface area contributed by atoms with Crippen LogP contribution >= 0.6 is 0 Å². The second-order valence-electron chi connectivity index (χ2n) is 4.87. The van der Waals surface area contributed by atoms with Crippen molar-refractivity contribution in [3.63, 3.8) is 0 Å². The van der Waals surface area contributed by atoms with Crippen LogP contribution in [0.5, 0.6) is 0 Å². The van der Waals surface area contributed by atoms with Gasteiger partial charge in [-0.05, 0) is 37.3 Å². The van der Waals surface area contributed by atoms with Crippen molar-refractivity contribution in [1.29, 1.82) is 0 Å². The smallest absolute Gasteiger partial charge is 0.335 e. The molecule has 0 unspecified atom stereocenters. The third-order valence-corrected chi connectivity index (χ3v) is 5.02. The summed E-state index contributed by atoms with van der Waals surface area (Å²) >= 11 is 0. The fourth-order valence-corrected chi connectivity index (χ4v) is 3.43. The second kappa shape index (κ2) is 4.96. The van der Waals surface area contributed by atoms with Gasteiger partial charge in [0.05, 0.1) is 21.5 Å². The van der Waals surface area contributed by atoms with Crippen LogP contribution in [-0.4, -0.2) is 28.5 Å². The van der Waals surface area contributed by atoms with E-state index in [1.54, 1.807) is 12.1 Å². The standard InChI is InChI=1S/C15H12N2O4S/c1-10-2-5-12(6-3-10)22(20,21)17-9-16-13-8-11(15(18)19)4-7-14(13)17/h2-9H,1H3,(H,18,19). The number of aryl methyl sites for hydroxylation is 1. The van der Waals surface area contributed by atoms with Crippen LogP contribution < -0.4 is 0 Å². The van der Waals surface area contributed by atoms with Gasteiger partial charge >= 0.3 is 5.97 Å². The van der Waals surface area contributed by atoms with E-state index in [0.29, 0.717) is 11.0 Å². The minimum atomic E-state index is -3.77. The van der Waals surface area contributed by atoms with Gasteiger partial charge in [-0.15, -0.1) is 0 Å². The average Bonchev–Trinajstić information content (AvgIpc) is 2.91. The first-order chi connectivity index (χ1) is 10.4. The molecule has 0 amide bonds. The minimum Gasteiger partial charge on any atom is -0.478 e. The summed E-state index contributed by atoms with van der Waals surface area (Å²) in [7, 11) is -3.77. The van der Waals surface area contributed by atoms with Crippen LogP contribution in [0.15, 0.2) is 53.7 Å². The molecular weight excluding hydrogens is 304 g/mol. The summed E-state index contributed by atoms with van der Waals surface area (Å²) in [4.78, 5) is 15.1. The number of benzene rings is 2. The van der Waals surface area contributed by atoms with Gasteiger partial charge in [0.15, 0.2) is 0 Å². The first-order valence-corrected chi connectivity index (χ1v) is 7.86. The molecule has 0 radical (unpaired) electrons. The lowest BCUT2D eigenvalue weighted by Crippen LogP contribution is -2.11. The predicted octanol–water partition coefficient (Wildman–Crippen LogP) is 2.28. The monoisotopic (exact) mass is 316 g/mol. The maximum Gasteiger partial charge on any atom is 0.335 e. The van der Waals surface area contributed by atoms with E-state index in [0.717, 1.165) is 9.54 Å². The van der Waals surface area contributed by atoms with Crippen LogP contribution in [0.1, 0.15) is 15.9 Å². The van der Waals surface area contributed by atoms with E-state index >= 15 is 0 Å². The maximum absolute atomic E-state index is 12.6. The van der Waals surface area contributed by atoms with Gasteiger partial charge in [0.25, 0.3) is 10.0 Å². The quantitative estimate of drug-likeness (QED) is 0.800. The first-order valence-electron chi connectivity index (χ1n) is 6.42. The van der Waals surface area contributed by atoms with Gasteiger partial charge in [0, 0.05) is 0 Å². The number of imidazole rings is 1. The Labute approximate surface area is 126 Å². The molecule has 1 aromatic heterocycles. The Morgan fingerprint density at radius 1 is 1.14 bits per heavy atom. The fraction of sp³-hybridized carbons (Fsp3) is 0.0667. The lowest BCUT2D eigenvalue weighted by molar-refractivity contribution is 0.0697. The van der Waals surface area contributed by atoms with E-state index in [1.807, 2.05) is 6.92 Å². The number of hydrogen-bond acceptors (Lipinski definition) is 4. The molecule has 0 atom stereocenters. The zero-order chi connectivity index (χ0) is 15.9. The zero-order valence-electron chi connectivity index (χ0n) is 11.6. The first kappa shape index (κ1) is 14.3. The summed E-state index contributed by atoms with van der Waals surface area (Å²) in [5.74, 6) is -1.09. The molecule has 6 nitrogen and oxygen atoms in total. The van der Waals surface area contributed by atoms with Crippen molar-refractivity contribution in [2.75, 3.05) is 0 Å². The summed E-state index contributed by atoms with van der Waals surface area (Å²) in [5.41, 5.74) is 1.67. The summed E-state index contributed by atoms with van der Waals surface area (Å²) < 4.78 is 26.3. The van der Waals surface area contributed by atoms with Gasteiger partial charge in [-0.2, -0.15) is 0 Å². The number of carboxylic acid groups (broad SMARTS) is 1. The highest BCUT2D eigenvalue weighted by atomic mass is 32.2. The van der Waals surface area contributed by atoms with Crippen LogP contribution in [0.25, 0.3) is 11.0 Å². The zero-order valence-corrected chi connectivity index (χ0v) is 12.4. The SMILES string of the molecule is Cc1ccc(S(=O)(=O)n2cnc3cc(C(=O)O)ccc32)cc1. The number of carboxylic acids is 1. The molecule has 0 fully saturated rings. The molecule has 0 saturated heterocycles. The molecule has 0 aliphatic carbocycles. The number of fused-ring (bicyclic) bond motifs is 1. The molecule has 0 aliphatic rings. The highest BCUT2D eigenvalue weighted by Gasteiger charge is 2.20. The van der Waals surface area contributed by atoms with Gasteiger partial charge < -0.3 is 5.11 Å². The molecule has 0 spiro atoms. The van der Waals surface area contributed by atoms with E-state index in [9.17, 15) is 13.2 Å². The maximum atomic E-state index is 12.6. The fourth-order valence-electron chi connectivity index (χ4n) is 2.14. The summed E-state index contributed by atoms with van der Waals surface area (Å²) in [6, 6.07) is 10.6. The third-order valence-electron chi connectivity index (χ3n) is 3.34. The molecule has 2 aromatic carbocycles. The lowest BCUT2D eigenvalue weighted by Gasteiger charge is -2.07. The Morgan fingerprint density at radius 2 is 1.82 bits per heavy atom. The van der Waals surface area contributed by atoms with E-state index in [-0.39, 0.29) is 10.5 Å². The lowest BCUT2D eigenvalue weighted by atomic mass is 10.2. The molecule has 1 N–H and O–H groups in total. The Hall–Kier alpha value is -2.67. The minimum absolute atomic E-state index is 0.0606. The number of rotatable bonds is 3. The molecule has 0 bridgehead atoms. The van der Waals surface area contributed by atoms with Crippen LogP contribution in [0.3, 0.4) is 0 Å². The highest BCUT2D eigenvalue weighted by molar-refractivity contribution is 7.90. The number of aromatic nitrogens is 2. The van der Waals surface area contributed by atoms with E-state index in [2.05, 4.69) is 4.98 Å². The number of carbonyl (C=O) groups is 1. The largest absolute Gasteiger partial charge is 0.478 e. The van der Waals surface area contributed by atoms with Crippen molar-refractivity contribution in [1.82, 2.24) is 8.96 Å². The summed E-state index contributed by atoms with van der Waals surface area (Å²) in [6.45, 7) is 1.87. The summed E-state index contributed by atoms with van der Waals surface area (Å²) in [6.07, 6.45) is 1.19. The van der Waals surface area contributed by atoms with E-state index in [4.69, 9.17) is 5.11 Å². The molecule has 3 aromatic rings. The van der Waals surface area contributed by atoms with Gasteiger partial charge in [-0.1, -0.05) is 17.7 Å². The van der Waals surface area contributed by atoms with Gasteiger partial charge in [0.1, 0.15) is 6.33 Å². The van der Waals surface area contributed by atoms with Gasteiger partial charge in [-0.25, -0.2) is 22.2 Å². The van der Waals surface area contributed by atoms with Crippen LogP contribution in [-0.2, 0) is 10.0 Å². The van der Waals surface area contributed by atoms with Gasteiger partial charge in [-0.3, -0.25) is 0 Å². The van der Waals surface area contributed by atoms with Crippen molar-refractivity contribution < 1.29 is 18.3 Å². The van der Waals surface area contributed by atoms with E-state index in [1.165, 1.54) is 36.7 Å². The van der Waals surface area contributed by atoms with Crippen molar-refractivity contribution >= 4 is 27.0 Å². The highest BCUT2D eigenvalue weighted by Crippen LogP contribution is 2.21. The van der Waals surface area contributed by atoms with Crippen LogP contribution in [0.2, 0.25) is 0 Å². The third kappa shape index (κ3) is 2.25. The van der Waals surface area contributed by atoms with Crippen LogP contribution in [0, 0.1) is 6.92 Å². The predicted molar refractivity (Wildman–Crippen MR) is 80.5 cm³/mol. The van der Waals surface area contributed by atoms with E-state index < -0.39 is 16.0 Å². The Kier molecular flexibility index (Phi) is 3.22. The molecule has 112 valence electrons. The molecule has 0 aliphatic heterocycles. The Morgan fingerprint density at radius 3 is 2.45 bits per heavy atom. The van der Waals surface area contributed by atoms with Gasteiger partial charge in [0.2, 0.25) is 0 Å². The summed E-state index contributed by atoms with van der Waals surface area (Å²) in [5, 5.41) is 8.96. The Bertz CT molecular complexity index is 972. The number of nitrogens with zero attached hydrogens (tertiary/aromatic N) is 2. The molecule has 0 saturated carbocycles. The number of hydrogen-bond donors (Lipinski definition) is 1.